The van der Waals surface area contributed by atoms with E-state index >= 15 is 0 Å². The second-order valence-electron chi connectivity index (χ2n) is 7.63. The summed E-state index contributed by atoms with van der Waals surface area (Å²) in [6, 6.07) is 6.78. The minimum atomic E-state index is 0.346. The van der Waals surface area contributed by atoms with Crippen LogP contribution in [0.2, 0.25) is 0 Å². The summed E-state index contributed by atoms with van der Waals surface area (Å²) in [4.78, 5) is 0. The highest BCUT2D eigenvalue weighted by Crippen LogP contribution is 2.24. The average Bonchev–Trinajstić information content (AvgIpc) is 2.93. The third-order valence-electron chi connectivity index (χ3n) is 5.59. The molecular weight excluding hydrogens is 330 g/mol. The first-order chi connectivity index (χ1) is 13.1. The molecule has 0 saturated carbocycles. The summed E-state index contributed by atoms with van der Waals surface area (Å²) in [5, 5.41) is 8.15. The predicted octanol–water partition coefficient (Wildman–Crippen LogP) is 4.56. The molecule has 3 nitrogen and oxygen atoms in total. The fourth-order valence-electron chi connectivity index (χ4n) is 4.00. The molecule has 0 radical (unpaired) electrons. The van der Waals surface area contributed by atoms with Gasteiger partial charge in [-0.15, -0.1) is 6.58 Å². The molecule has 0 aliphatic carbocycles. The number of fused-ring (bicyclic) bond motifs is 1. The fraction of sp³-hybridized carbons (Fsp3) is 0.500. The van der Waals surface area contributed by atoms with Crippen LogP contribution in [0.15, 0.2) is 30.9 Å². The highest BCUT2D eigenvalue weighted by molar-refractivity contribution is 5.94. The molecule has 0 bridgehead atoms. The predicted molar refractivity (Wildman–Crippen MR) is 122 cm³/mol. The molecule has 2 aromatic rings. The van der Waals surface area contributed by atoms with E-state index in [2.05, 4.69) is 61.7 Å². The normalized spacial score (nSPS) is 13.6. The van der Waals surface area contributed by atoms with E-state index in [1.165, 1.54) is 29.3 Å². The van der Waals surface area contributed by atoms with Crippen molar-refractivity contribution in [3.8, 4) is 0 Å². The lowest BCUT2D eigenvalue weighted by molar-refractivity contribution is 0.327. The van der Waals surface area contributed by atoms with Gasteiger partial charge >= 0.3 is 0 Å². The van der Waals surface area contributed by atoms with Crippen molar-refractivity contribution < 1.29 is 0 Å². The Hall–Kier alpha value is -2.00. The third kappa shape index (κ3) is 4.84. The third-order valence-corrected chi connectivity index (χ3v) is 5.59. The first kappa shape index (κ1) is 21.3. The summed E-state index contributed by atoms with van der Waals surface area (Å²) in [7, 11) is 0. The maximum Gasteiger partial charge on any atom is 0.0441 e. The molecule has 2 unspecified atom stereocenters. The van der Waals surface area contributed by atoms with E-state index in [1.807, 2.05) is 6.08 Å². The Morgan fingerprint density at radius 2 is 1.96 bits per heavy atom. The van der Waals surface area contributed by atoms with Crippen molar-refractivity contribution in [3.05, 3.63) is 41.6 Å². The largest absolute Gasteiger partial charge is 0.384 e. The Morgan fingerprint density at radius 3 is 2.63 bits per heavy atom. The van der Waals surface area contributed by atoms with Crippen molar-refractivity contribution in [2.45, 2.75) is 58.4 Å². The molecule has 0 aliphatic rings. The molecule has 1 aromatic heterocycles. The number of nitrogens with zero attached hydrogens (tertiary/aromatic N) is 1. The number of nitrogens with one attached hydrogen (secondary N) is 1. The van der Waals surface area contributed by atoms with Gasteiger partial charge in [-0.25, -0.2) is 0 Å². The monoisotopic (exact) mass is 367 g/mol. The maximum atomic E-state index is 6.01. The second-order valence-corrected chi connectivity index (χ2v) is 7.63. The van der Waals surface area contributed by atoms with E-state index in [0.29, 0.717) is 18.5 Å². The standard InChI is InChI=1S/C24H37N3/c1-6-8-9-10-11-16-26-22-15-12-14-21-19(4)27(20(5)24(21)22)23(13-7-2)18(3)17-25/h6,12,14-15,18,23,26H,1,4-5,7-11,13,16-17,25H2,2-3H3. The van der Waals surface area contributed by atoms with Crippen LogP contribution in [-0.4, -0.2) is 17.7 Å². The zero-order valence-corrected chi connectivity index (χ0v) is 17.3. The van der Waals surface area contributed by atoms with E-state index in [4.69, 9.17) is 5.73 Å². The van der Waals surface area contributed by atoms with Gasteiger partial charge in [-0.3, -0.25) is 0 Å². The average molecular weight is 368 g/mol. The van der Waals surface area contributed by atoms with Gasteiger partial charge < -0.3 is 15.6 Å². The van der Waals surface area contributed by atoms with Gasteiger partial charge in [0.15, 0.2) is 0 Å². The number of anilines is 1. The van der Waals surface area contributed by atoms with Crippen molar-refractivity contribution >= 4 is 29.6 Å². The van der Waals surface area contributed by atoms with Crippen LogP contribution >= 0.6 is 0 Å². The number of aromatic nitrogens is 1. The number of hydrogen-bond donors (Lipinski definition) is 2. The van der Waals surface area contributed by atoms with Crippen molar-refractivity contribution in [1.82, 2.24) is 4.57 Å². The first-order valence-electron chi connectivity index (χ1n) is 10.4. The molecule has 0 amide bonds. The number of hydrogen-bond acceptors (Lipinski definition) is 2. The Morgan fingerprint density at radius 1 is 1.19 bits per heavy atom. The summed E-state index contributed by atoms with van der Waals surface area (Å²) in [5.74, 6) is 0.397. The molecule has 0 fully saturated rings. The molecular formula is C24H37N3. The van der Waals surface area contributed by atoms with Crippen LogP contribution in [-0.2, 0) is 0 Å². The SMILES string of the molecule is C=CCCCCCNc1cccc2c(=C)n(C(CCC)C(C)CN)c(=C)c12. The van der Waals surface area contributed by atoms with Gasteiger partial charge in [0.1, 0.15) is 0 Å². The number of rotatable bonds is 12. The molecule has 0 aliphatic heterocycles. The zero-order chi connectivity index (χ0) is 19.8. The Kier molecular flexibility index (Phi) is 8.18. The highest BCUT2D eigenvalue weighted by Gasteiger charge is 2.20. The quantitative estimate of drug-likeness (QED) is 0.427. The van der Waals surface area contributed by atoms with Gasteiger partial charge in [-0.05, 0) is 44.2 Å². The summed E-state index contributed by atoms with van der Waals surface area (Å²) in [5.41, 5.74) is 7.18. The van der Waals surface area contributed by atoms with Crippen LogP contribution in [0.25, 0.3) is 23.9 Å². The van der Waals surface area contributed by atoms with Gasteiger partial charge in [0.25, 0.3) is 0 Å². The number of allylic oxidation sites excluding steroid dienone is 1. The fourth-order valence-corrected chi connectivity index (χ4v) is 4.00. The zero-order valence-electron chi connectivity index (χ0n) is 17.3. The number of benzene rings is 1. The van der Waals surface area contributed by atoms with Gasteiger partial charge in [0.2, 0.25) is 0 Å². The van der Waals surface area contributed by atoms with E-state index in [-0.39, 0.29) is 0 Å². The lowest BCUT2D eigenvalue weighted by Crippen LogP contribution is -2.35. The minimum absolute atomic E-state index is 0.346. The van der Waals surface area contributed by atoms with Crippen molar-refractivity contribution in [2.24, 2.45) is 11.7 Å². The molecule has 1 aromatic carbocycles. The summed E-state index contributed by atoms with van der Waals surface area (Å²) < 4.78 is 2.33. The Labute approximate surface area is 164 Å². The molecule has 0 saturated heterocycles. The van der Waals surface area contributed by atoms with Gasteiger partial charge in [-0.2, -0.15) is 0 Å². The molecule has 0 spiro atoms. The van der Waals surface area contributed by atoms with Crippen LogP contribution in [0.5, 0.6) is 0 Å². The molecule has 2 rings (SSSR count). The molecule has 3 heteroatoms. The molecule has 27 heavy (non-hydrogen) atoms. The molecule has 148 valence electrons. The van der Waals surface area contributed by atoms with Crippen LogP contribution in [0, 0.1) is 5.92 Å². The van der Waals surface area contributed by atoms with Gasteiger partial charge in [0.05, 0.1) is 0 Å². The summed E-state index contributed by atoms with van der Waals surface area (Å²) in [6.07, 6.45) is 8.92. The lowest BCUT2D eigenvalue weighted by Gasteiger charge is -2.25. The van der Waals surface area contributed by atoms with E-state index in [9.17, 15) is 0 Å². The minimum Gasteiger partial charge on any atom is -0.384 e. The van der Waals surface area contributed by atoms with Crippen LogP contribution in [0.3, 0.4) is 0 Å². The number of unbranched alkanes of at least 4 members (excludes halogenated alkanes) is 3. The molecule has 1 heterocycles. The topological polar surface area (TPSA) is 43.0 Å². The van der Waals surface area contributed by atoms with E-state index in [0.717, 1.165) is 42.9 Å². The molecule has 3 N–H and O–H groups in total. The lowest BCUT2D eigenvalue weighted by atomic mass is 9.97. The smallest absolute Gasteiger partial charge is 0.0441 e. The number of nitrogens with two attached hydrogens (primary N) is 1. The Bertz CT molecular complexity index is 833. The van der Waals surface area contributed by atoms with Crippen molar-refractivity contribution in [2.75, 3.05) is 18.4 Å². The van der Waals surface area contributed by atoms with Gasteiger partial charge in [0, 0.05) is 39.7 Å². The first-order valence-corrected chi connectivity index (χ1v) is 10.4. The van der Waals surface area contributed by atoms with Crippen LogP contribution in [0.4, 0.5) is 5.69 Å². The summed E-state index contributed by atoms with van der Waals surface area (Å²) in [6.45, 7) is 18.7. The van der Waals surface area contributed by atoms with Crippen LogP contribution < -0.4 is 21.7 Å². The summed E-state index contributed by atoms with van der Waals surface area (Å²) >= 11 is 0. The van der Waals surface area contributed by atoms with Crippen molar-refractivity contribution in [3.63, 3.8) is 0 Å². The van der Waals surface area contributed by atoms with Crippen molar-refractivity contribution in [1.29, 1.82) is 0 Å². The molecule has 2 atom stereocenters. The second kappa shape index (κ2) is 10.4. The van der Waals surface area contributed by atoms with E-state index in [1.54, 1.807) is 0 Å². The highest BCUT2D eigenvalue weighted by atomic mass is 15.0. The van der Waals surface area contributed by atoms with Crippen LogP contribution in [0.1, 0.15) is 58.4 Å². The maximum absolute atomic E-state index is 6.01. The van der Waals surface area contributed by atoms with Gasteiger partial charge in [-0.1, -0.05) is 58.1 Å². The van der Waals surface area contributed by atoms with E-state index < -0.39 is 0 Å². The Balaban J connectivity index is 2.33.